The van der Waals surface area contributed by atoms with Crippen molar-refractivity contribution < 1.29 is 28.8 Å². The van der Waals surface area contributed by atoms with Crippen LogP contribution < -0.4 is 4.74 Å². The van der Waals surface area contributed by atoms with Crippen molar-refractivity contribution in [3.63, 3.8) is 0 Å². The van der Waals surface area contributed by atoms with E-state index in [4.69, 9.17) is 4.74 Å². The number of amides is 3. The number of esters is 1. The first-order valence-corrected chi connectivity index (χ1v) is 11.7. The second kappa shape index (κ2) is 10.5. The summed E-state index contributed by atoms with van der Waals surface area (Å²) in [7, 11) is 0. The molecule has 2 saturated heterocycles. The SMILES string of the molecule is O=C(Oc1cccc(/C=C2\SC(=O)N(CC(=O)N3CCCCC3)C2=O)c1)c1ccc([N+](=O)[O-])cc1. The van der Waals surface area contributed by atoms with Crippen molar-refractivity contribution in [1.29, 1.82) is 0 Å². The molecule has 2 aromatic carbocycles. The van der Waals surface area contributed by atoms with Gasteiger partial charge in [0.25, 0.3) is 16.8 Å². The van der Waals surface area contributed by atoms with Crippen LogP contribution in [-0.2, 0) is 9.59 Å². The monoisotopic (exact) mass is 495 g/mol. The lowest BCUT2D eigenvalue weighted by Crippen LogP contribution is -2.44. The van der Waals surface area contributed by atoms with Gasteiger partial charge in [-0.2, -0.15) is 0 Å². The summed E-state index contributed by atoms with van der Waals surface area (Å²) in [4.78, 5) is 63.0. The number of carbonyl (C=O) groups is 4. The number of hydrogen-bond donors (Lipinski definition) is 0. The molecule has 2 fully saturated rings. The number of thioether (sulfide) groups is 1. The predicted molar refractivity (Wildman–Crippen MR) is 128 cm³/mol. The topological polar surface area (TPSA) is 127 Å². The summed E-state index contributed by atoms with van der Waals surface area (Å²) in [6.07, 6.45) is 4.40. The Morgan fingerprint density at radius 1 is 1.06 bits per heavy atom. The second-order valence-corrected chi connectivity index (χ2v) is 8.97. The van der Waals surface area contributed by atoms with Crippen LogP contribution >= 0.6 is 11.8 Å². The highest BCUT2D eigenvalue weighted by Gasteiger charge is 2.37. The van der Waals surface area contributed by atoms with Crippen LogP contribution in [0.25, 0.3) is 6.08 Å². The summed E-state index contributed by atoms with van der Waals surface area (Å²) in [6, 6.07) is 11.4. The third-order valence-electron chi connectivity index (χ3n) is 5.56. The van der Waals surface area contributed by atoms with Crippen LogP contribution in [-0.4, -0.2) is 57.4 Å². The molecule has 0 aromatic heterocycles. The van der Waals surface area contributed by atoms with E-state index in [1.165, 1.54) is 36.4 Å². The van der Waals surface area contributed by atoms with Crippen molar-refractivity contribution >= 4 is 46.5 Å². The summed E-state index contributed by atoms with van der Waals surface area (Å²) in [6.45, 7) is 0.988. The van der Waals surface area contributed by atoms with E-state index in [1.54, 1.807) is 23.1 Å². The van der Waals surface area contributed by atoms with Gasteiger partial charge in [-0.25, -0.2) is 4.79 Å². The summed E-state index contributed by atoms with van der Waals surface area (Å²) in [5.41, 5.74) is 0.516. The Labute approximate surface area is 204 Å². The lowest BCUT2D eigenvalue weighted by atomic mass is 10.1. The molecule has 0 atom stereocenters. The molecule has 4 rings (SSSR count). The Balaban J connectivity index is 1.42. The maximum atomic E-state index is 12.8. The van der Waals surface area contributed by atoms with Crippen LogP contribution in [0.4, 0.5) is 10.5 Å². The molecule has 0 aliphatic carbocycles. The lowest BCUT2D eigenvalue weighted by molar-refractivity contribution is -0.384. The number of nitro benzene ring substituents is 1. The highest BCUT2D eigenvalue weighted by atomic mass is 32.2. The summed E-state index contributed by atoms with van der Waals surface area (Å²) in [5, 5.41) is 10.2. The molecule has 3 amide bonds. The number of nitro groups is 1. The lowest BCUT2D eigenvalue weighted by Gasteiger charge is -2.27. The molecule has 2 aliphatic rings. The van der Waals surface area contributed by atoms with Crippen molar-refractivity contribution in [1.82, 2.24) is 9.80 Å². The van der Waals surface area contributed by atoms with E-state index in [2.05, 4.69) is 0 Å². The van der Waals surface area contributed by atoms with Crippen LogP contribution in [0.5, 0.6) is 5.75 Å². The van der Waals surface area contributed by atoms with Crippen LogP contribution in [0, 0.1) is 10.1 Å². The fourth-order valence-electron chi connectivity index (χ4n) is 3.72. The fourth-order valence-corrected chi connectivity index (χ4v) is 4.56. The number of nitrogens with zero attached hydrogens (tertiary/aromatic N) is 3. The Bertz CT molecular complexity index is 1220. The minimum absolute atomic E-state index is 0.139. The van der Waals surface area contributed by atoms with Gasteiger partial charge in [0.1, 0.15) is 12.3 Å². The fraction of sp³-hybridized carbons (Fsp3) is 0.250. The zero-order valence-corrected chi connectivity index (χ0v) is 19.4. The summed E-state index contributed by atoms with van der Waals surface area (Å²) < 4.78 is 5.34. The number of likely N-dealkylation sites (tertiary alicyclic amines) is 1. The van der Waals surface area contributed by atoms with E-state index >= 15 is 0 Å². The maximum absolute atomic E-state index is 12.8. The number of imide groups is 1. The number of benzene rings is 2. The number of non-ortho nitro benzene ring substituents is 1. The first kappa shape index (κ1) is 24.1. The van der Waals surface area contributed by atoms with Gasteiger partial charge in [0.05, 0.1) is 15.4 Å². The van der Waals surface area contributed by atoms with E-state index in [9.17, 15) is 29.3 Å². The highest BCUT2D eigenvalue weighted by molar-refractivity contribution is 8.18. The molecule has 35 heavy (non-hydrogen) atoms. The molecule has 0 spiro atoms. The minimum Gasteiger partial charge on any atom is -0.423 e. The molecule has 0 radical (unpaired) electrons. The molecule has 2 heterocycles. The van der Waals surface area contributed by atoms with Crippen LogP contribution in [0.15, 0.2) is 53.4 Å². The zero-order chi connectivity index (χ0) is 24.9. The van der Waals surface area contributed by atoms with E-state index < -0.39 is 22.0 Å². The molecule has 0 saturated carbocycles. The zero-order valence-electron chi connectivity index (χ0n) is 18.5. The molecule has 0 unspecified atom stereocenters. The first-order valence-electron chi connectivity index (χ1n) is 10.9. The van der Waals surface area contributed by atoms with E-state index in [-0.39, 0.29) is 34.4 Å². The van der Waals surface area contributed by atoms with Crippen LogP contribution in [0.1, 0.15) is 35.2 Å². The van der Waals surface area contributed by atoms with E-state index in [1.807, 2.05) is 0 Å². The molecule has 10 nitrogen and oxygen atoms in total. The van der Waals surface area contributed by atoms with Gasteiger partial charge < -0.3 is 9.64 Å². The Kier molecular flexibility index (Phi) is 7.25. The summed E-state index contributed by atoms with van der Waals surface area (Å²) >= 11 is 0.751. The Morgan fingerprint density at radius 3 is 2.46 bits per heavy atom. The minimum atomic E-state index is -0.700. The third kappa shape index (κ3) is 5.75. The van der Waals surface area contributed by atoms with Gasteiger partial charge in [-0.1, -0.05) is 12.1 Å². The molecule has 180 valence electrons. The third-order valence-corrected chi connectivity index (χ3v) is 6.46. The molecular formula is C24H21N3O7S. The molecule has 0 N–H and O–H groups in total. The normalized spacial score (nSPS) is 17.1. The van der Waals surface area contributed by atoms with Gasteiger partial charge in [0, 0.05) is 25.2 Å². The predicted octanol–water partition coefficient (Wildman–Crippen LogP) is 3.86. The average Bonchev–Trinajstić information content (AvgIpc) is 3.12. The van der Waals surface area contributed by atoms with Gasteiger partial charge in [0.15, 0.2) is 0 Å². The smallest absolute Gasteiger partial charge is 0.343 e. The molecule has 2 aromatic rings. The van der Waals surface area contributed by atoms with Gasteiger partial charge in [-0.3, -0.25) is 29.4 Å². The number of ether oxygens (including phenoxy) is 1. The maximum Gasteiger partial charge on any atom is 0.343 e. The van der Waals surface area contributed by atoms with Crippen molar-refractivity contribution in [2.24, 2.45) is 0 Å². The van der Waals surface area contributed by atoms with Crippen molar-refractivity contribution in [2.75, 3.05) is 19.6 Å². The van der Waals surface area contributed by atoms with Crippen molar-refractivity contribution in [2.45, 2.75) is 19.3 Å². The van der Waals surface area contributed by atoms with Gasteiger partial charge in [-0.05, 0) is 66.9 Å². The van der Waals surface area contributed by atoms with Gasteiger partial charge >= 0.3 is 5.97 Å². The standard InChI is InChI=1S/C24H21N3O7S/c28-21(25-11-2-1-3-12-25)15-26-22(29)20(35-24(26)31)14-16-5-4-6-19(13-16)34-23(30)17-7-9-18(10-8-17)27(32)33/h4-10,13-14H,1-3,11-12,15H2/b20-14-. The average molecular weight is 496 g/mol. The Hall–Kier alpha value is -3.99. The number of hydrogen-bond acceptors (Lipinski definition) is 8. The number of rotatable bonds is 6. The van der Waals surface area contributed by atoms with Gasteiger partial charge in [-0.15, -0.1) is 0 Å². The van der Waals surface area contributed by atoms with Crippen molar-refractivity contribution in [3.05, 3.63) is 74.7 Å². The largest absolute Gasteiger partial charge is 0.423 e. The van der Waals surface area contributed by atoms with Crippen molar-refractivity contribution in [3.8, 4) is 5.75 Å². The van der Waals surface area contributed by atoms with Gasteiger partial charge in [0.2, 0.25) is 5.91 Å². The molecule has 0 bridgehead atoms. The van der Waals surface area contributed by atoms with E-state index in [0.29, 0.717) is 18.7 Å². The van der Waals surface area contributed by atoms with Crippen LogP contribution in [0.2, 0.25) is 0 Å². The Morgan fingerprint density at radius 2 is 1.77 bits per heavy atom. The van der Waals surface area contributed by atoms with Crippen LogP contribution in [0.3, 0.4) is 0 Å². The summed E-state index contributed by atoms with van der Waals surface area (Å²) in [5.74, 6) is -1.29. The molecule has 2 aliphatic heterocycles. The highest BCUT2D eigenvalue weighted by Crippen LogP contribution is 2.33. The first-order chi connectivity index (χ1) is 16.8. The number of piperidine rings is 1. The molecule has 11 heteroatoms. The number of carbonyl (C=O) groups excluding carboxylic acids is 4. The molecular weight excluding hydrogens is 474 g/mol. The quantitative estimate of drug-likeness (QED) is 0.194. The second-order valence-electron chi connectivity index (χ2n) is 7.98. The van der Waals surface area contributed by atoms with E-state index in [0.717, 1.165) is 35.9 Å².